The predicted molar refractivity (Wildman–Crippen MR) is 211 cm³/mol. The molecular formula is C40H38Cl4FLiN2O7. The molecule has 4 aromatic carbocycles. The van der Waals surface area contributed by atoms with Gasteiger partial charge in [0.2, 0.25) is 0 Å². The number of rotatable bonds is 12. The van der Waals surface area contributed by atoms with Gasteiger partial charge in [0.15, 0.2) is 0 Å². The molecule has 4 aromatic rings. The maximum atomic E-state index is 13.0. The topological polar surface area (TPSA) is 134 Å². The second-order valence-corrected chi connectivity index (χ2v) is 12.5. The number of nitrogens with zero attached hydrogens (tertiary/aromatic N) is 2. The van der Waals surface area contributed by atoms with E-state index in [0.717, 1.165) is 16.0 Å². The SMILES string of the molecule is C#CCN(C(=O)c1ccc(Cl)cc1Cl)[C@@H](Cc1ccccc1)C(=O)O.C#CCN(C(=O)c1ccc(Cl)cc1Cl)[C@@H](Cc1ccccc1)C(=O)OC.CF.[3HH].[Li+].[OH-]. The molecule has 55 heavy (non-hydrogen) atoms. The normalized spacial score (nSPS) is 10.6. The van der Waals surface area contributed by atoms with Crippen molar-refractivity contribution in [2.45, 2.75) is 24.9 Å². The van der Waals surface area contributed by atoms with Gasteiger partial charge in [-0.3, -0.25) is 14.0 Å². The van der Waals surface area contributed by atoms with Crippen molar-refractivity contribution in [2.24, 2.45) is 0 Å². The molecule has 0 aliphatic carbocycles. The van der Waals surface area contributed by atoms with Gasteiger partial charge in [0.05, 0.1) is 48.5 Å². The van der Waals surface area contributed by atoms with Crippen LogP contribution < -0.4 is 18.9 Å². The Hall–Kier alpha value is -4.47. The molecule has 0 fully saturated rings. The van der Waals surface area contributed by atoms with Gasteiger partial charge in [-0.05, 0) is 47.5 Å². The molecule has 0 aliphatic rings. The van der Waals surface area contributed by atoms with Gasteiger partial charge < -0.3 is 25.1 Å². The molecule has 0 heterocycles. The summed E-state index contributed by atoms with van der Waals surface area (Å²) in [5.41, 5.74) is 2.03. The molecule has 15 heteroatoms. The summed E-state index contributed by atoms with van der Waals surface area (Å²) in [6, 6.07) is 25.3. The molecule has 0 spiro atoms. The summed E-state index contributed by atoms with van der Waals surface area (Å²) in [5.74, 6) is 2.06. The molecule has 2 amide bonds. The summed E-state index contributed by atoms with van der Waals surface area (Å²) in [5, 5.41) is 10.7. The number of ether oxygens (including phenoxy) is 1. The number of methoxy groups -OCH3 is 1. The van der Waals surface area contributed by atoms with Gasteiger partial charge in [-0.25, -0.2) is 9.59 Å². The molecule has 9 nitrogen and oxygen atoms in total. The number of carbonyl (C=O) groups is 4. The van der Waals surface area contributed by atoms with Gasteiger partial charge in [0.25, 0.3) is 11.8 Å². The Kier molecular flexibility index (Phi) is 24.2. The van der Waals surface area contributed by atoms with E-state index in [1.54, 1.807) is 30.3 Å². The standard InChI is InChI=1S/C20H17Cl2NO3.C19H15Cl2NO3.CH3F.Li.H2O.H2/c1-3-11-23(19(24)16-10-9-15(21)13-17(16)22)18(20(25)26-2)12-14-7-5-4-6-8-14;1-2-10-22(18(23)15-9-8-14(20)12-16(15)21)17(19(24)25)11-13-6-4-3-5-7-13;1-2;;;/h1,4-10,13,18H,11-12H2,2H3;1,3-9,12,17H,10-11H2,(H,24,25);1H3;;1H2;1H/q;;;+1;;/p-1/t18-;17-;;;;/m00..../s1/i;;;;;1+2. The van der Waals surface area contributed by atoms with E-state index in [1.807, 2.05) is 36.4 Å². The number of alkyl halides is 1. The molecule has 0 radical (unpaired) electrons. The van der Waals surface area contributed by atoms with E-state index < -0.39 is 35.8 Å². The number of terminal acetylenes is 2. The van der Waals surface area contributed by atoms with E-state index in [1.165, 1.54) is 42.3 Å². The number of carboxylic acid groups (broad SMARTS) is 1. The van der Waals surface area contributed by atoms with Crippen LogP contribution in [0.1, 0.15) is 33.3 Å². The number of esters is 1. The van der Waals surface area contributed by atoms with Crippen molar-refractivity contribution in [2.75, 3.05) is 27.4 Å². The third kappa shape index (κ3) is 15.3. The summed E-state index contributed by atoms with van der Waals surface area (Å²) >= 11 is 24.0. The summed E-state index contributed by atoms with van der Waals surface area (Å²) in [6.07, 6.45) is 11.2. The zero-order chi connectivity index (χ0) is 39.5. The van der Waals surface area contributed by atoms with Crippen molar-refractivity contribution in [1.82, 2.24) is 9.80 Å². The first-order chi connectivity index (χ1) is 25.4. The van der Waals surface area contributed by atoms with Gasteiger partial charge in [0.1, 0.15) is 12.1 Å². The van der Waals surface area contributed by atoms with Gasteiger partial charge >= 0.3 is 30.8 Å². The maximum absolute atomic E-state index is 13.0. The summed E-state index contributed by atoms with van der Waals surface area (Å²) in [7, 11) is 1.77. The van der Waals surface area contributed by atoms with Gasteiger partial charge in [-0.2, -0.15) is 0 Å². The minimum atomic E-state index is -1.14. The van der Waals surface area contributed by atoms with E-state index >= 15 is 0 Å². The van der Waals surface area contributed by atoms with Crippen LogP contribution >= 0.6 is 46.4 Å². The third-order valence-corrected chi connectivity index (χ3v) is 8.52. The van der Waals surface area contributed by atoms with Crippen LogP contribution in [-0.2, 0) is 27.2 Å². The number of amides is 2. The number of carbonyl (C=O) groups excluding carboxylic acids is 3. The van der Waals surface area contributed by atoms with Gasteiger partial charge in [0, 0.05) is 24.3 Å². The van der Waals surface area contributed by atoms with Crippen LogP contribution in [0.15, 0.2) is 97.1 Å². The van der Waals surface area contributed by atoms with Crippen molar-refractivity contribution in [3.63, 3.8) is 0 Å². The fraction of sp³-hybridized carbons (Fsp3) is 0.200. The van der Waals surface area contributed by atoms with Crippen LogP contribution in [0.25, 0.3) is 0 Å². The Morgan fingerprint density at radius 2 is 1.07 bits per heavy atom. The van der Waals surface area contributed by atoms with E-state index in [4.69, 9.17) is 64.0 Å². The largest absolute Gasteiger partial charge is 1.00 e. The number of hydrogen-bond donors (Lipinski definition) is 1. The molecule has 0 bridgehead atoms. The molecule has 286 valence electrons. The average Bonchev–Trinajstić information content (AvgIpc) is 3.15. The number of halogens is 5. The van der Waals surface area contributed by atoms with Crippen LogP contribution in [-0.4, -0.2) is 83.6 Å². The second-order valence-electron chi connectivity index (χ2n) is 10.8. The van der Waals surface area contributed by atoms with E-state index in [0.29, 0.717) is 17.2 Å². The number of hydrogen-bond acceptors (Lipinski definition) is 6. The Morgan fingerprint density at radius 3 is 1.40 bits per heavy atom. The Labute approximate surface area is 353 Å². The van der Waals surface area contributed by atoms with Crippen molar-refractivity contribution in [1.29, 1.82) is 0 Å². The number of benzene rings is 4. The van der Waals surface area contributed by atoms with Crippen LogP contribution in [0.4, 0.5) is 4.39 Å². The molecule has 0 aliphatic heterocycles. The van der Waals surface area contributed by atoms with Gasteiger partial charge in [-0.1, -0.05) is 119 Å². The smallest absolute Gasteiger partial charge is 0.870 e. The maximum Gasteiger partial charge on any atom is 1.00 e. The van der Waals surface area contributed by atoms with E-state index in [9.17, 15) is 28.7 Å². The predicted octanol–water partition coefficient (Wildman–Crippen LogP) is 5.28. The van der Waals surface area contributed by atoms with Gasteiger partial charge in [-0.15, -0.1) is 12.8 Å². The van der Waals surface area contributed by atoms with E-state index in [2.05, 4.69) is 11.8 Å². The fourth-order valence-electron chi connectivity index (χ4n) is 4.94. The summed E-state index contributed by atoms with van der Waals surface area (Å²) < 4.78 is 14.4. The average molecular weight is 829 g/mol. The molecule has 2 atom stereocenters. The van der Waals surface area contributed by atoms with Crippen LogP contribution in [0.5, 0.6) is 0 Å². The zero-order valence-corrected chi connectivity index (χ0v) is 33.1. The van der Waals surface area contributed by atoms with Crippen molar-refractivity contribution >= 4 is 70.2 Å². The minimum absolute atomic E-state index is 0. The molecule has 2 N–H and O–H groups in total. The quantitative estimate of drug-likeness (QED) is 0.117. The Morgan fingerprint density at radius 1 is 0.709 bits per heavy atom. The molecule has 4 rings (SSSR count). The zero-order valence-electron chi connectivity index (χ0n) is 30.1. The van der Waals surface area contributed by atoms with Crippen LogP contribution in [0.2, 0.25) is 20.1 Å². The molecule has 0 saturated heterocycles. The van der Waals surface area contributed by atoms with Crippen molar-refractivity contribution in [3.05, 3.63) is 139 Å². The second kappa shape index (κ2) is 26.4. The Bertz CT molecular complexity index is 1950. The third-order valence-electron chi connectivity index (χ3n) is 7.42. The van der Waals surface area contributed by atoms with Crippen LogP contribution in [0, 0.1) is 24.7 Å². The molecular weight excluding hydrogens is 788 g/mol. The summed E-state index contributed by atoms with van der Waals surface area (Å²) in [6.45, 7) is -0.216. The minimum Gasteiger partial charge on any atom is -0.870 e. The van der Waals surface area contributed by atoms with Crippen LogP contribution in [0.3, 0.4) is 0 Å². The molecule has 0 aromatic heterocycles. The first-order valence-electron chi connectivity index (χ1n) is 15.6. The number of carboxylic acids is 1. The first-order valence-corrected chi connectivity index (χ1v) is 17.1. The fourth-order valence-corrected chi connectivity index (χ4v) is 5.92. The molecule has 0 unspecified atom stereocenters. The number of aliphatic carboxylic acids is 1. The first kappa shape index (κ1) is 50.5. The molecule has 0 saturated carbocycles. The van der Waals surface area contributed by atoms with Crippen molar-refractivity contribution in [3.8, 4) is 24.7 Å². The summed E-state index contributed by atoms with van der Waals surface area (Å²) in [4.78, 5) is 52.4. The van der Waals surface area contributed by atoms with Crippen molar-refractivity contribution < 1.29 is 59.2 Å². The Balaban J connectivity index is 0. The van der Waals surface area contributed by atoms with E-state index in [-0.39, 0.29) is 72.9 Å². The monoisotopic (exact) mass is 826 g/mol.